The lowest BCUT2D eigenvalue weighted by Gasteiger charge is -2.22. The molecule has 0 heterocycles. The Kier molecular flexibility index (Phi) is 6.94. The van der Waals surface area contributed by atoms with Crippen molar-refractivity contribution >= 4 is 15.7 Å². The molecule has 0 spiro atoms. The van der Waals surface area contributed by atoms with Crippen molar-refractivity contribution in [2.75, 3.05) is 19.6 Å². The summed E-state index contributed by atoms with van der Waals surface area (Å²) >= 11 is 0. The molecule has 0 unspecified atom stereocenters. The van der Waals surface area contributed by atoms with Crippen LogP contribution in [-0.2, 0) is 16.3 Å². The molecular formula is C20H26N2O3S. The van der Waals surface area contributed by atoms with Crippen molar-refractivity contribution in [2.24, 2.45) is 5.73 Å². The van der Waals surface area contributed by atoms with Crippen LogP contribution in [0.4, 0.5) is 0 Å². The van der Waals surface area contributed by atoms with Crippen LogP contribution in [0.3, 0.4) is 0 Å². The smallest absolute Gasteiger partial charge is 0.253 e. The molecular weight excluding hydrogens is 348 g/mol. The van der Waals surface area contributed by atoms with Crippen molar-refractivity contribution in [1.29, 1.82) is 0 Å². The number of nitrogens with zero attached hydrogens (tertiary/aromatic N) is 1. The van der Waals surface area contributed by atoms with Crippen LogP contribution in [0.1, 0.15) is 29.8 Å². The van der Waals surface area contributed by atoms with Gasteiger partial charge in [0.25, 0.3) is 5.91 Å². The Hall–Kier alpha value is -2.18. The number of benzene rings is 2. The Morgan fingerprint density at radius 3 is 2.15 bits per heavy atom. The zero-order chi connectivity index (χ0) is 19.2. The zero-order valence-electron chi connectivity index (χ0n) is 15.3. The number of amides is 1. The van der Waals surface area contributed by atoms with Crippen LogP contribution in [0.2, 0.25) is 0 Å². The molecule has 6 heteroatoms. The molecule has 0 fully saturated rings. The highest BCUT2D eigenvalue weighted by molar-refractivity contribution is 7.92. The van der Waals surface area contributed by atoms with Crippen LogP contribution in [0.5, 0.6) is 0 Å². The third-order valence-corrected chi connectivity index (χ3v) is 6.42. The summed E-state index contributed by atoms with van der Waals surface area (Å²) in [5.41, 5.74) is 7.28. The molecule has 1 amide bonds. The van der Waals surface area contributed by atoms with Crippen LogP contribution in [0, 0.1) is 0 Å². The average Bonchev–Trinajstić information content (AvgIpc) is 2.65. The summed E-state index contributed by atoms with van der Waals surface area (Å²) in [6, 6.07) is 16.1. The van der Waals surface area contributed by atoms with Gasteiger partial charge in [-0.3, -0.25) is 4.79 Å². The average molecular weight is 375 g/mol. The van der Waals surface area contributed by atoms with Gasteiger partial charge in [-0.05, 0) is 50.1 Å². The summed E-state index contributed by atoms with van der Waals surface area (Å²) in [7, 11) is -3.34. The van der Waals surface area contributed by atoms with E-state index >= 15 is 0 Å². The highest BCUT2D eigenvalue weighted by Crippen LogP contribution is 2.17. The Morgan fingerprint density at radius 2 is 1.62 bits per heavy atom. The highest BCUT2D eigenvalue weighted by atomic mass is 32.2. The van der Waals surface area contributed by atoms with E-state index in [-0.39, 0.29) is 10.8 Å². The van der Waals surface area contributed by atoms with E-state index in [1.54, 1.807) is 30.9 Å². The monoisotopic (exact) mass is 374 g/mol. The Morgan fingerprint density at radius 1 is 1.00 bits per heavy atom. The molecule has 2 aromatic carbocycles. The molecule has 0 aromatic heterocycles. The summed E-state index contributed by atoms with van der Waals surface area (Å²) in [6.07, 6.45) is 0.742. The molecule has 0 aliphatic heterocycles. The molecule has 0 aliphatic carbocycles. The minimum absolute atomic E-state index is 0.139. The normalized spacial score (nSPS) is 11.5. The van der Waals surface area contributed by atoms with Gasteiger partial charge in [-0.25, -0.2) is 8.42 Å². The maximum atomic E-state index is 12.8. The molecule has 0 radical (unpaired) electrons. The predicted octanol–water partition coefficient (Wildman–Crippen LogP) is 2.51. The van der Waals surface area contributed by atoms with Crippen LogP contribution >= 0.6 is 0 Å². The number of carbonyl (C=O) groups excluding carboxylic acids is 1. The van der Waals surface area contributed by atoms with Crippen molar-refractivity contribution in [1.82, 2.24) is 4.90 Å². The number of sulfone groups is 1. The van der Waals surface area contributed by atoms with E-state index in [1.807, 2.05) is 30.3 Å². The largest absolute Gasteiger partial charge is 0.337 e. The third-order valence-electron chi connectivity index (χ3n) is 4.25. The predicted molar refractivity (Wildman–Crippen MR) is 104 cm³/mol. The molecule has 0 saturated heterocycles. The summed E-state index contributed by atoms with van der Waals surface area (Å²) in [4.78, 5) is 14.7. The maximum absolute atomic E-state index is 12.8. The summed E-state index contributed by atoms with van der Waals surface area (Å²) in [5, 5.41) is -0.497. The fraction of sp³-hybridized carbons (Fsp3) is 0.350. The SMILES string of the molecule is CC(C)S(=O)(=O)c1ccc(C(=O)N(CCN)CCc2ccccc2)cc1. The number of hydrogen-bond acceptors (Lipinski definition) is 4. The lowest BCUT2D eigenvalue weighted by molar-refractivity contribution is 0.0762. The van der Waals surface area contributed by atoms with E-state index in [1.165, 1.54) is 12.1 Å². The van der Waals surface area contributed by atoms with Crippen LogP contribution in [0.25, 0.3) is 0 Å². The summed E-state index contributed by atoms with van der Waals surface area (Å²) in [6.45, 7) is 4.67. The van der Waals surface area contributed by atoms with E-state index in [9.17, 15) is 13.2 Å². The number of carbonyl (C=O) groups is 1. The minimum atomic E-state index is -3.34. The minimum Gasteiger partial charge on any atom is -0.337 e. The summed E-state index contributed by atoms with van der Waals surface area (Å²) < 4.78 is 24.4. The van der Waals surface area contributed by atoms with Gasteiger partial charge in [0.2, 0.25) is 0 Å². The molecule has 0 atom stereocenters. The van der Waals surface area contributed by atoms with Crippen molar-refractivity contribution in [3.8, 4) is 0 Å². The van der Waals surface area contributed by atoms with E-state index in [2.05, 4.69) is 0 Å². The fourth-order valence-corrected chi connectivity index (χ4v) is 3.68. The molecule has 140 valence electrons. The van der Waals surface area contributed by atoms with Gasteiger partial charge in [0, 0.05) is 25.2 Å². The fourth-order valence-electron chi connectivity index (χ4n) is 2.62. The molecule has 5 nitrogen and oxygen atoms in total. The number of rotatable bonds is 8. The Bertz CT molecular complexity index is 816. The van der Waals surface area contributed by atoms with E-state index in [0.717, 1.165) is 12.0 Å². The van der Waals surface area contributed by atoms with Crippen molar-refractivity contribution < 1.29 is 13.2 Å². The zero-order valence-corrected chi connectivity index (χ0v) is 16.1. The Balaban J connectivity index is 2.13. The van der Waals surface area contributed by atoms with E-state index < -0.39 is 15.1 Å². The van der Waals surface area contributed by atoms with Gasteiger partial charge in [0.05, 0.1) is 10.1 Å². The molecule has 0 aliphatic rings. The first-order valence-corrected chi connectivity index (χ1v) is 10.3. The van der Waals surface area contributed by atoms with Gasteiger partial charge in [-0.15, -0.1) is 0 Å². The molecule has 2 rings (SSSR count). The first-order chi connectivity index (χ1) is 12.4. The molecule has 0 saturated carbocycles. The van der Waals surface area contributed by atoms with Gasteiger partial charge in [-0.1, -0.05) is 30.3 Å². The van der Waals surface area contributed by atoms with Crippen LogP contribution in [0.15, 0.2) is 59.5 Å². The van der Waals surface area contributed by atoms with E-state index in [0.29, 0.717) is 25.2 Å². The van der Waals surface area contributed by atoms with E-state index in [4.69, 9.17) is 5.73 Å². The molecule has 2 N–H and O–H groups in total. The van der Waals surface area contributed by atoms with Crippen molar-refractivity contribution in [2.45, 2.75) is 30.4 Å². The molecule has 0 bridgehead atoms. The van der Waals surface area contributed by atoms with Crippen LogP contribution in [-0.4, -0.2) is 44.1 Å². The van der Waals surface area contributed by atoms with Crippen molar-refractivity contribution in [3.05, 3.63) is 65.7 Å². The standard InChI is InChI=1S/C20H26N2O3S/c1-16(2)26(24,25)19-10-8-18(9-11-19)20(23)22(15-13-21)14-12-17-6-4-3-5-7-17/h3-11,16H,12-15,21H2,1-2H3. The first kappa shape index (κ1) is 20.1. The highest BCUT2D eigenvalue weighted by Gasteiger charge is 2.20. The first-order valence-electron chi connectivity index (χ1n) is 8.73. The van der Waals surface area contributed by atoms with Gasteiger partial charge < -0.3 is 10.6 Å². The second-order valence-corrected chi connectivity index (χ2v) is 8.94. The van der Waals surface area contributed by atoms with Gasteiger partial charge >= 0.3 is 0 Å². The lowest BCUT2D eigenvalue weighted by Crippen LogP contribution is -2.37. The third kappa shape index (κ3) is 4.93. The van der Waals surface area contributed by atoms with Crippen molar-refractivity contribution in [3.63, 3.8) is 0 Å². The maximum Gasteiger partial charge on any atom is 0.253 e. The topological polar surface area (TPSA) is 80.5 Å². The second-order valence-electron chi connectivity index (χ2n) is 6.43. The number of hydrogen-bond donors (Lipinski definition) is 1. The molecule has 2 aromatic rings. The van der Waals surface area contributed by atoms with Crippen LogP contribution < -0.4 is 5.73 Å². The summed E-state index contributed by atoms with van der Waals surface area (Å²) in [5.74, 6) is -0.139. The van der Waals surface area contributed by atoms with Gasteiger partial charge in [-0.2, -0.15) is 0 Å². The Labute approximate surface area is 155 Å². The number of nitrogens with two attached hydrogens (primary N) is 1. The molecule has 26 heavy (non-hydrogen) atoms. The quantitative estimate of drug-likeness (QED) is 0.770. The van der Waals surface area contributed by atoms with Gasteiger partial charge in [0.15, 0.2) is 9.84 Å². The van der Waals surface area contributed by atoms with Gasteiger partial charge in [0.1, 0.15) is 0 Å². The second kappa shape index (κ2) is 8.96. The lowest BCUT2D eigenvalue weighted by atomic mass is 10.1.